The highest BCUT2D eigenvalue weighted by molar-refractivity contribution is 7.09. The lowest BCUT2D eigenvalue weighted by molar-refractivity contribution is -0.358. The first-order valence-electron chi connectivity index (χ1n) is 8.64. The minimum absolute atomic E-state index is 0.0853. The molecule has 0 radical (unpaired) electrons. The molecule has 1 atom stereocenters. The number of thiazole rings is 1. The summed E-state index contributed by atoms with van der Waals surface area (Å²) in [6.45, 7) is 2.97. The van der Waals surface area contributed by atoms with Crippen LogP contribution in [0.1, 0.15) is 24.3 Å². The summed E-state index contributed by atoms with van der Waals surface area (Å²) in [6.07, 6.45) is 5.12. The van der Waals surface area contributed by atoms with Gasteiger partial charge in [0, 0.05) is 44.2 Å². The lowest BCUT2D eigenvalue weighted by atomic mass is 9.92. The molecule has 4 heterocycles. The van der Waals surface area contributed by atoms with Crippen LogP contribution >= 0.6 is 11.3 Å². The van der Waals surface area contributed by atoms with Crippen LogP contribution in [-0.2, 0) is 11.4 Å². The van der Waals surface area contributed by atoms with Gasteiger partial charge in [-0.1, -0.05) is 0 Å². The van der Waals surface area contributed by atoms with Crippen molar-refractivity contribution >= 4 is 23.4 Å². The summed E-state index contributed by atoms with van der Waals surface area (Å²) in [5, 5.41) is 11.7. The summed E-state index contributed by atoms with van der Waals surface area (Å²) < 4.78 is 0. The molecule has 3 aliphatic heterocycles. The van der Waals surface area contributed by atoms with E-state index in [-0.39, 0.29) is 12.1 Å². The van der Waals surface area contributed by atoms with E-state index in [2.05, 4.69) is 15.6 Å². The Kier molecular flexibility index (Phi) is 4.48. The van der Waals surface area contributed by atoms with Crippen LogP contribution in [0, 0.1) is 0 Å². The Morgan fingerprint density at radius 3 is 2.68 bits per heavy atom. The number of aromatic nitrogens is 1. The number of rotatable bonds is 5. The Bertz CT molecular complexity index is 641. The molecule has 3 fully saturated rings. The van der Waals surface area contributed by atoms with Gasteiger partial charge in [-0.15, -0.1) is 16.4 Å². The third-order valence-electron chi connectivity index (χ3n) is 4.94. The molecular formula is C15H22N6O3S. The van der Waals surface area contributed by atoms with Crippen LogP contribution in [0.2, 0.25) is 0 Å². The van der Waals surface area contributed by atoms with Crippen molar-refractivity contribution in [1.82, 2.24) is 30.6 Å². The molecule has 1 aromatic heterocycles. The van der Waals surface area contributed by atoms with Gasteiger partial charge < -0.3 is 15.5 Å². The first-order valence-corrected chi connectivity index (χ1v) is 9.52. The number of hydrogen-bond donors (Lipinski definition) is 2. The molecular weight excluding hydrogens is 344 g/mol. The number of urea groups is 2. The lowest BCUT2D eigenvalue weighted by Crippen LogP contribution is -2.65. The lowest BCUT2D eigenvalue weighted by Gasteiger charge is -2.50. The largest absolute Gasteiger partial charge is 0.342 e. The van der Waals surface area contributed by atoms with E-state index < -0.39 is 5.66 Å². The zero-order valence-electron chi connectivity index (χ0n) is 13.9. The van der Waals surface area contributed by atoms with E-state index in [0.29, 0.717) is 39.1 Å². The van der Waals surface area contributed by atoms with Crippen molar-refractivity contribution in [3.05, 3.63) is 16.6 Å². The van der Waals surface area contributed by atoms with Crippen molar-refractivity contribution in [1.29, 1.82) is 0 Å². The third kappa shape index (κ3) is 3.05. The maximum Gasteiger partial charge on any atom is 0.342 e. The highest BCUT2D eigenvalue weighted by Crippen LogP contribution is 2.37. The highest BCUT2D eigenvalue weighted by Gasteiger charge is 2.50. The molecule has 25 heavy (non-hydrogen) atoms. The van der Waals surface area contributed by atoms with Crippen LogP contribution in [0.25, 0.3) is 0 Å². The number of nitrogens with zero attached hydrogens (tertiary/aromatic N) is 4. The van der Waals surface area contributed by atoms with Crippen molar-refractivity contribution < 1.29 is 14.5 Å². The molecule has 2 N–H and O–H groups in total. The van der Waals surface area contributed by atoms with Gasteiger partial charge in [0.15, 0.2) is 0 Å². The molecule has 3 aliphatic rings. The number of hydrogen-bond acceptors (Lipinski definition) is 6. The molecule has 136 valence electrons. The van der Waals surface area contributed by atoms with Crippen molar-refractivity contribution in [2.75, 3.05) is 32.7 Å². The number of carbonyl (C=O) groups is 2. The van der Waals surface area contributed by atoms with Crippen molar-refractivity contribution in [3.8, 4) is 0 Å². The van der Waals surface area contributed by atoms with Gasteiger partial charge >= 0.3 is 12.1 Å². The second kappa shape index (κ2) is 6.77. The Labute approximate surface area is 149 Å². The SMILES string of the molecule is O=C1NCCN1ON1CCCCC1(Cc1nccs1)N1CCNC1=O. The topological polar surface area (TPSA) is 90.0 Å². The highest BCUT2D eigenvalue weighted by atomic mass is 32.1. The van der Waals surface area contributed by atoms with Gasteiger partial charge in [0.25, 0.3) is 0 Å². The van der Waals surface area contributed by atoms with Gasteiger partial charge in [0.1, 0.15) is 5.66 Å². The maximum absolute atomic E-state index is 12.5. The molecule has 4 amide bonds. The summed E-state index contributed by atoms with van der Waals surface area (Å²) in [4.78, 5) is 36.7. The fourth-order valence-electron chi connectivity index (χ4n) is 3.76. The fraction of sp³-hybridized carbons (Fsp3) is 0.667. The van der Waals surface area contributed by atoms with Crippen LogP contribution in [0.15, 0.2) is 11.6 Å². The summed E-state index contributed by atoms with van der Waals surface area (Å²) in [5.41, 5.74) is -0.625. The summed E-state index contributed by atoms with van der Waals surface area (Å²) >= 11 is 1.58. The molecule has 10 heteroatoms. The molecule has 0 aromatic carbocycles. The summed E-state index contributed by atoms with van der Waals surface area (Å²) in [5.74, 6) is 0. The predicted octanol–water partition coefficient (Wildman–Crippen LogP) is 0.765. The van der Waals surface area contributed by atoms with Gasteiger partial charge in [-0.25, -0.2) is 14.6 Å². The van der Waals surface area contributed by atoms with Crippen LogP contribution in [0.4, 0.5) is 9.59 Å². The minimum atomic E-state index is -0.625. The van der Waals surface area contributed by atoms with Crippen molar-refractivity contribution in [2.24, 2.45) is 0 Å². The number of amides is 4. The molecule has 0 spiro atoms. The fourth-order valence-corrected chi connectivity index (χ4v) is 4.47. The average molecular weight is 366 g/mol. The van der Waals surface area contributed by atoms with Crippen molar-refractivity contribution in [3.63, 3.8) is 0 Å². The Morgan fingerprint density at radius 1 is 1.16 bits per heavy atom. The smallest absolute Gasteiger partial charge is 0.336 e. The van der Waals surface area contributed by atoms with Crippen molar-refractivity contribution in [2.45, 2.75) is 31.3 Å². The van der Waals surface area contributed by atoms with Gasteiger partial charge in [0.05, 0.1) is 11.6 Å². The maximum atomic E-state index is 12.5. The molecule has 4 rings (SSSR count). The van der Waals surface area contributed by atoms with E-state index in [0.717, 1.165) is 24.3 Å². The zero-order chi connectivity index (χ0) is 17.3. The van der Waals surface area contributed by atoms with E-state index in [1.165, 1.54) is 5.06 Å². The minimum Gasteiger partial charge on any atom is -0.336 e. The molecule has 0 aliphatic carbocycles. The third-order valence-corrected chi connectivity index (χ3v) is 5.72. The zero-order valence-corrected chi connectivity index (χ0v) is 14.8. The number of carbonyl (C=O) groups excluding carboxylic acids is 2. The van der Waals surface area contributed by atoms with Crippen LogP contribution in [0.3, 0.4) is 0 Å². The van der Waals surface area contributed by atoms with E-state index >= 15 is 0 Å². The Morgan fingerprint density at radius 2 is 2.00 bits per heavy atom. The average Bonchev–Trinajstić information content (AvgIpc) is 3.34. The van der Waals surface area contributed by atoms with E-state index in [1.807, 2.05) is 15.3 Å². The molecule has 0 saturated carbocycles. The van der Waals surface area contributed by atoms with Gasteiger partial charge in [0.2, 0.25) is 0 Å². The summed E-state index contributed by atoms with van der Waals surface area (Å²) in [6, 6.07) is -0.322. The standard InChI is InChI=1S/C15H22N6O3S/c22-13-17-4-8-19(13)15(11-12-16-6-10-25-12)3-1-2-7-21(15)24-20-9-5-18-14(20)23/h6,10H,1-5,7-9,11H2,(H,17,22)(H,18,23). The molecule has 1 aromatic rings. The monoisotopic (exact) mass is 366 g/mol. The molecule has 0 bridgehead atoms. The molecule has 3 saturated heterocycles. The first-order chi connectivity index (χ1) is 12.2. The Hall–Kier alpha value is -1.91. The number of nitrogens with one attached hydrogen (secondary N) is 2. The first kappa shape index (κ1) is 16.6. The quantitative estimate of drug-likeness (QED) is 0.803. The van der Waals surface area contributed by atoms with Crippen LogP contribution < -0.4 is 10.6 Å². The number of hydroxylamine groups is 4. The Balaban J connectivity index is 1.65. The molecule has 9 nitrogen and oxygen atoms in total. The number of piperidine rings is 1. The van der Waals surface area contributed by atoms with Crippen LogP contribution in [0.5, 0.6) is 0 Å². The summed E-state index contributed by atoms with van der Waals surface area (Å²) in [7, 11) is 0. The van der Waals surface area contributed by atoms with Crippen LogP contribution in [-0.4, -0.2) is 70.5 Å². The van der Waals surface area contributed by atoms with Gasteiger partial charge in [-0.2, -0.15) is 10.0 Å². The van der Waals surface area contributed by atoms with Gasteiger partial charge in [-0.3, -0.25) is 0 Å². The second-order valence-electron chi connectivity index (χ2n) is 6.44. The normalized spacial score (nSPS) is 27.7. The van der Waals surface area contributed by atoms with E-state index in [1.54, 1.807) is 17.5 Å². The second-order valence-corrected chi connectivity index (χ2v) is 7.42. The van der Waals surface area contributed by atoms with Gasteiger partial charge in [-0.05, 0) is 19.3 Å². The van der Waals surface area contributed by atoms with E-state index in [4.69, 9.17) is 4.94 Å². The predicted molar refractivity (Wildman–Crippen MR) is 90.4 cm³/mol. The van der Waals surface area contributed by atoms with E-state index in [9.17, 15) is 9.59 Å². The molecule has 1 unspecified atom stereocenters.